The molecule has 1 aromatic heterocycles. The smallest absolute Gasteiger partial charge is 0.257 e. The predicted molar refractivity (Wildman–Crippen MR) is 88.5 cm³/mol. The van der Waals surface area contributed by atoms with E-state index >= 15 is 0 Å². The molecular formula is C18H24N4O2. The molecule has 3 saturated heterocycles. The number of piperidine rings is 1. The van der Waals surface area contributed by atoms with Crippen LogP contribution in [0.5, 0.6) is 0 Å². The zero-order chi connectivity index (χ0) is 16.8. The monoisotopic (exact) mass is 328 g/mol. The van der Waals surface area contributed by atoms with E-state index in [-0.39, 0.29) is 17.9 Å². The highest BCUT2D eigenvalue weighted by molar-refractivity contribution is 5.95. The fourth-order valence-corrected chi connectivity index (χ4v) is 3.98. The van der Waals surface area contributed by atoms with Gasteiger partial charge in [0.1, 0.15) is 5.82 Å². The number of carbonyl (C=O) groups excluding carboxylic acids is 2. The van der Waals surface area contributed by atoms with Gasteiger partial charge in [0.05, 0.1) is 11.3 Å². The molecule has 4 heterocycles. The summed E-state index contributed by atoms with van der Waals surface area (Å²) in [4.78, 5) is 37.7. The average molecular weight is 328 g/mol. The SMILES string of the molecule is CC(=O)N1C[C@@H]2CC[C@H](C1)N(C(=O)c1cnc(C3CC3)nc1C)C2. The van der Waals surface area contributed by atoms with Crippen LogP contribution in [-0.2, 0) is 4.79 Å². The molecule has 4 aliphatic rings. The van der Waals surface area contributed by atoms with Crippen LogP contribution in [0.1, 0.15) is 60.4 Å². The molecule has 4 fully saturated rings. The molecule has 0 unspecified atom stereocenters. The molecule has 0 radical (unpaired) electrons. The lowest BCUT2D eigenvalue weighted by atomic mass is 9.94. The summed E-state index contributed by atoms with van der Waals surface area (Å²) in [5, 5.41) is 0. The fourth-order valence-electron chi connectivity index (χ4n) is 3.98. The summed E-state index contributed by atoms with van der Waals surface area (Å²) in [7, 11) is 0. The van der Waals surface area contributed by atoms with Crippen LogP contribution < -0.4 is 0 Å². The van der Waals surface area contributed by atoms with Crippen molar-refractivity contribution in [3.05, 3.63) is 23.3 Å². The molecule has 1 saturated carbocycles. The molecule has 0 spiro atoms. The molecule has 6 nitrogen and oxygen atoms in total. The van der Waals surface area contributed by atoms with Crippen molar-refractivity contribution < 1.29 is 9.59 Å². The Kier molecular flexibility index (Phi) is 3.77. The second-order valence-corrected chi connectivity index (χ2v) is 7.48. The standard InChI is InChI=1S/C18H24N4O2/c1-11-16(7-19-17(20-11)14-4-5-14)18(24)22-9-13-3-6-15(22)10-21(8-13)12(2)23/h7,13-15H,3-6,8-10H2,1-2H3/t13-,15+/m0/s1. The first kappa shape index (κ1) is 15.5. The number of fused-ring (bicyclic) bond motifs is 4. The van der Waals surface area contributed by atoms with Crippen molar-refractivity contribution in [1.82, 2.24) is 19.8 Å². The van der Waals surface area contributed by atoms with Gasteiger partial charge in [-0.3, -0.25) is 9.59 Å². The Labute approximate surface area is 142 Å². The summed E-state index contributed by atoms with van der Waals surface area (Å²) in [6.07, 6.45) is 6.08. The predicted octanol–water partition coefficient (Wildman–Crippen LogP) is 1.75. The molecule has 2 bridgehead atoms. The highest BCUT2D eigenvalue weighted by atomic mass is 16.2. The van der Waals surface area contributed by atoms with Crippen molar-refractivity contribution in [2.24, 2.45) is 5.92 Å². The number of nitrogens with zero attached hydrogens (tertiary/aromatic N) is 4. The molecule has 2 amide bonds. The molecule has 3 aliphatic heterocycles. The highest BCUT2D eigenvalue weighted by Gasteiger charge is 2.39. The number of hydrogen-bond donors (Lipinski definition) is 0. The minimum Gasteiger partial charge on any atom is -0.341 e. The van der Waals surface area contributed by atoms with Gasteiger partial charge < -0.3 is 9.80 Å². The van der Waals surface area contributed by atoms with Crippen molar-refractivity contribution in [3.8, 4) is 0 Å². The van der Waals surface area contributed by atoms with Crippen LogP contribution in [0.2, 0.25) is 0 Å². The van der Waals surface area contributed by atoms with E-state index < -0.39 is 0 Å². The number of hydrogen-bond acceptors (Lipinski definition) is 4. The van der Waals surface area contributed by atoms with Gasteiger partial charge >= 0.3 is 0 Å². The maximum absolute atomic E-state index is 13.1. The number of amides is 2. The third kappa shape index (κ3) is 2.78. The molecule has 2 atom stereocenters. The van der Waals surface area contributed by atoms with Crippen LogP contribution in [0.3, 0.4) is 0 Å². The molecular weight excluding hydrogens is 304 g/mol. The van der Waals surface area contributed by atoms with E-state index in [1.54, 1.807) is 13.1 Å². The normalized spacial score (nSPS) is 26.4. The number of carbonyl (C=O) groups is 2. The van der Waals surface area contributed by atoms with Crippen LogP contribution in [0, 0.1) is 12.8 Å². The van der Waals surface area contributed by atoms with Crippen LogP contribution in [0.15, 0.2) is 6.20 Å². The van der Waals surface area contributed by atoms with Gasteiger partial charge in [-0.15, -0.1) is 0 Å². The second-order valence-electron chi connectivity index (χ2n) is 7.48. The van der Waals surface area contributed by atoms with Crippen LogP contribution in [-0.4, -0.2) is 57.3 Å². The van der Waals surface area contributed by atoms with E-state index in [1.807, 2.05) is 16.7 Å². The molecule has 0 aromatic carbocycles. The lowest BCUT2D eigenvalue weighted by Gasteiger charge is -2.36. The zero-order valence-electron chi connectivity index (χ0n) is 14.4. The largest absolute Gasteiger partial charge is 0.341 e. The highest BCUT2D eigenvalue weighted by Crippen LogP contribution is 2.38. The van der Waals surface area contributed by atoms with Gasteiger partial charge in [-0.1, -0.05) is 0 Å². The Hall–Kier alpha value is -1.98. The number of rotatable bonds is 2. The van der Waals surface area contributed by atoms with Crippen molar-refractivity contribution in [1.29, 1.82) is 0 Å². The maximum Gasteiger partial charge on any atom is 0.257 e. The Morgan fingerprint density at radius 3 is 2.58 bits per heavy atom. The van der Waals surface area contributed by atoms with E-state index in [9.17, 15) is 9.59 Å². The van der Waals surface area contributed by atoms with Gasteiger partial charge in [0, 0.05) is 44.7 Å². The Balaban J connectivity index is 1.57. The summed E-state index contributed by atoms with van der Waals surface area (Å²) in [6, 6.07) is 0.114. The molecule has 0 N–H and O–H groups in total. The van der Waals surface area contributed by atoms with Crippen LogP contribution in [0.25, 0.3) is 0 Å². The zero-order valence-corrected chi connectivity index (χ0v) is 14.4. The van der Waals surface area contributed by atoms with Gasteiger partial charge in [0.2, 0.25) is 5.91 Å². The van der Waals surface area contributed by atoms with Crippen molar-refractivity contribution >= 4 is 11.8 Å². The summed E-state index contributed by atoms with van der Waals surface area (Å²) in [6.45, 7) is 5.67. The average Bonchev–Trinajstić information content (AvgIpc) is 3.40. The van der Waals surface area contributed by atoms with Crippen molar-refractivity contribution in [2.75, 3.05) is 19.6 Å². The maximum atomic E-state index is 13.1. The molecule has 5 rings (SSSR count). The minimum atomic E-state index is 0.0231. The van der Waals surface area contributed by atoms with Gasteiger partial charge in [0.15, 0.2) is 0 Å². The van der Waals surface area contributed by atoms with Crippen molar-refractivity contribution in [2.45, 2.75) is 51.5 Å². The molecule has 1 aromatic rings. The second kappa shape index (κ2) is 5.83. The molecule has 6 heteroatoms. The van der Waals surface area contributed by atoms with Crippen molar-refractivity contribution in [3.63, 3.8) is 0 Å². The minimum absolute atomic E-state index is 0.0231. The first-order chi connectivity index (χ1) is 11.5. The summed E-state index contributed by atoms with van der Waals surface area (Å²) in [5.41, 5.74) is 1.39. The van der Waals surface area contributed by atoms with Gasteiger partial charge in [0.25, 0.3) is 5.91 Å². The quantitative estimate of drug-likeness (QED) is 0.829. The van der Waals surface area contributed by atoms with Gasteiger partial charge in [-0.05, 0) is 38.5 Å². The topological polar surface area (TPSA) is 66.4 Å². The summed E-state index contributed by atoms with van der Waals surface area (Å²) in [5.74, 6) is 1.88. The Morgan fingerprint density at radius 2 is 1.92 bits per heavy atom. The molecule has 1 aliphatic carbocycles. The fraction of sp³-hybridized carbons (Fsp3) is 0.667. The number of aromatic nitrogens is 2. The van der Waals surface area contributed by atoms with E-state index in [0.29, 0.717) is 23.9 Å². The first-order valence-electron chi connectivity index (χ1n) is 8.93. The first-order valence-corrected chi connectivity index (χ1v) is 8.93. The van der Waals surface area contributed by atoms with Gasteiger partial charge in [-0.25, -0.2) is 9.97 Å². The van der Waals surface area contributed by atoms with Crippen LogP contribution in [0.4, 0.5) is 0 Å². The third-order valence-corrected chi connectivity index (χ3v) is 5.59. The summed E-state index contributed by atoms with van der Waals surface area (Å²) < 4.78 is 0. The van der Waals surface area contributed by atoms with E-state index in [2.05, 4.69) is 9.97 Å². The third-order valence-electron chi connectivity index (χ3n) is 5.59. The number of aryl methyl sites for hydroxylation is 1. The van der Waals surface area contributed by atoms with E-state index in [4.69, 9.17) is 0 Å². The molecule has 128 valence electrons. The van der Waals surface area contributed by atoms with E-state index in [1.165, 1.54) is 0 Å². The van der Waals surface area contributed by atoms with Crippen LogP contribution >= 0.6 is 0 Å². The Morgan fingerprint density at radius 1 is 1.12 bits per heavy atom. The van der Waals surface area contributed by atoms with E-state index in [0.717, 1.165) is 50.3 Å². The lowest BCUT2D eigenvalue weighted by molar-refractivity contribution is -0.129. The summed E-state index contributed by atoms with van der Waals surface area (Å²) >= 11 is 0. The molecule has 24 heavy (non-hydrogen) atoms. The van der Waals surface area contributed by atoms with Gasteiger partial charge in [-0.2, -0.15) is 0 Å². The lowest BCUT2D eigenvalue weighted by Crippen LogP contribution is -2.47. The Bertz CT molecular complexity index is 686.